The topological polar surface area (TPSA) is 46.5 Å². The van der Waals surface area contributed by atoms with E-state index in [1.54, 1.807) is 12.1 Å². The minimum atomic E-state index is -1.34. The summed E-state index contributed by atoms with van der Waals surface area (Å²) >= 11 is 12.3. The molecule has 0 unspecified atom stereocenters. The van der Waals surface area contributed by atoms with Crippen LogP contribution in [-0.2, 0) is 0 Å². The number of carbonyl (C=O) groups is 1. The maximum atomic E-state index is 13.4. The van der Waals surface area contributed by atoms with Crippen molar-refractivity contribution in [2.75, 3.05) is 6.61 Å². The molecule has 2 aromatic rings. The summed E-state index contributed by atoms with van der Waals surface area (Å²) in [5.41, 5.74) is 0.546. The van der Waals surface area contributed by atoms with Crippen LogP contribution in [0.1, 0.15) is 17.3 Å². The van der Waals surface area contributed by atoms with Gasteiger partial charge in [-0.2, -0.15) is 0 Å². The second-order valence-corrected chi connectivity index (χ2v) is 5.01. The molecule has 0 spiro atoms. The van der Waals surface area contributed by atoms with Crippen LogP contribution in [0.5, 0.6) is 5.75 Å². The van der Waals surface area contributed by atoms with E-state index in [0.717, 1.165) is 6.07 Å². The number of ether oxygens (including phenoxy) is 1. The highest BCUT2D eigenvalue weighted by Gasteiger charge is 2.15. The van der Waals surface area contributed by atoms with Gasteiger partial charge in [0.1, 0.15) is 11.6 Å². The number of benzene rings is 2. The first-order chi connectivity index (χ1) is 9.93. The molecule has 2 aromatic carbocycles. The number of carboxylic acid groups (broad SMARTS) is 1. The molecular weight excluding hydrogens is 318 g/mol. The summed E-state index contributed by atoms with van der Waals surface area (Å²) in [6.45, 7) is 2.26. The summed E-state index contributed by atoms with van der Waals surface area (Å²) in [5, 5.41) is 9.64. The van der Waals surface area contributed by atoms with Crippen LogP contribution in [0, 0.1) is 5.82 Å². The first kappa shape index (κ1) is 15.6. The summed E-state index contributed by atoms with van der Waals surface area (Å²) in [6, 6.07) is 6.86. The molecule has 0 saturated heterocycles. The van der Waals surface area contributed by atoms with Gasteiger partial charge in [0.25, 0.3) is 0 Å². The zero-order valence-electron chi connectivity index (χ0n) is 11.0. The van der Waals surface area contributed by atoms with E-state index in [1.165, 1.54) is 12.1 Å². The molecular formula is C15H11Cl2FO3. The van der Waals surface area contributed by atoms with Crippen molar-refractivity contribution in [2.24, 2.45) is 0 Å². The molecule has 110 valence electrons. The summed E-state index contributed by atoms with van der Waals surface area (Å²) < 4.78 is 18.7. The van der Waals surface area contributed by atoms with Crippen molar-refractivity contribution in [1.82, 2.24) is 0 Å². The predicted octanol–water partition coefficient (Wildman–Crippen LogP) is 4.90. The van der Waals surface area contributed by atoms with Crippen molar-refractivity contribution in [1.29, 1.82) is 0 Å². The summed E-state index contributed by atoms with van der Waals surface area (Å²) in [4.78, 5) is 11.0. The highest BCUT2D eigenvalue weighted by Crippen LogP contribution is 2.37. The quantitative estimate of drug-likeness (QED) is 0.868. The molecule has 0 heterocycles. The fourth-order valence-electron chi connectivity index (χ4n) is 1.87. The van der Waals surface area contributed by atoms with Crippen LogP contribution in [0.2, 0.25) is 10.0 Å². The van der Waals surface area contributed by atoms with Crippen molar-refractivity contribution in [3.63, 3.8) is 0 Å². The van der Waals surface area contributed by atoms with Crippen LogP contribution in [0.4, 0.5) is 4.39 Å². The van der Waals surface area contributed by atoms with E-state index >= 15 is 0 Å². The Hall–Kier alpha value is -1.78. The largest absolute Gasteiger partial charge is 0.492 e. The third kappa shape index (κ3) is 3.28. The van der Waals surface area contributed by atoms with Gasteiger partial charge in [-0.15, -0.1) is 0 Å². The van der Waals surface area contributed by atoms with Crippen LogP contribution in [-0.4, -0.2) is 17.7 Å². The third-order valence-corrected chi connectivity index (χ3v) is 3.44. The van der Waals surface area contributed by atoms with Crippen molar-refractivity contribution >= 4 is 29.2 Å². The van der Waals surface area contributed by atoms with Crippen LogP contribution in [0.25, 0.3) is 11.1 Å². The maximum Gasteiger partial charge on any atom is 0.338 e. The average molecular weight is 329 g/mol. The lowest BCUT2D eigenvalue weighted by molar-refractivity contribution is 0.0692. The van der Waals surface area contributed by atoms with Gasteiger partial charge in [-0.1, -0.05) is 29.3 Å². The second kappa shape index (κ2) is 6.33. The third-order valence-electron chi connectivity index (χ3n) is 2.83. The SMILES string of the molecule is CCOc1cc(Cl)c(-c2ccc(F)c(C(=O)O)c2)cc1Cl. The molecule has 6 heteroatoms. The number of hydrogen-bond donors (Lipinski definition) is 1. The van der Waals surface area contributed by atoms with Crippen molar-refractivity contribution in [3.05, 3.63) is 51.8 Å². The van der Waals surface area contributed by atoms with Crippen LogP contribution in [0.15, 0.2) is 30.3 Å². The summed E-state index contributed by atoms with van der Waals surface area (Å²) in [5.74, 6) is -1.71. The van der Waals surface area contributed by atoms with Gasteiger partial charge in [0.15, 0.2) is 0 Å². The Labute approximate surface area is 130 Å². The molecule has 0 aromatic heterocycles. The van der Waals surface area contributed by atoms with E-state index in [-0.39, 0.29) is 0 Å². The number of halogens is 3. The molecule has 0 aliphatic heterocycles. The second-order valence-electron chi connectivity index (χ2n) is 4.20. The van der Waals surface area contributed by atoms with Crippen LogP contribution in [0.3, 0.4) is 0 Å². The van der Waals surface area contributed by atoms with Crippen LogP contribution >= 0.6 is 23.2 Å². The zero-order valence-corrected chi connectivity index (χ0v) is 12.5. The predicted molar refractivity (Wildman–Crippen MR) is 80.0 cm³/mol. The van der Waals surface area contributed by atoms with Gasteiger partial charge in [-0.25, -0.2) is 9.18 Å². The molecule has 0 aliphatic carbocycles. The van der Waals surface area contributed by atoms with Crippen molar-refractivity contribution in [3.8, 4) is 16.9 Å². The lowest BCUT2D eigenvalue weighted by atomic mass is 10.0. The number of aromatic carboxylic acids is 1. The Bertz CT molecular complexity index is 702. The van der Waals surface area contributed by atoms with Crippen LogP contribution < -0.4 is 4.74 Å². The molecule has 0 saturated carbocycles. The van der Waals surface area contributed by atoms with Crippen molar-refractivity contribution in [2.45, 2.75) is 6.92 Å². The Morgan fingerprint density at radius 2 is 1.95 bits per heavy atom. The standard InChI is InChI=1S/C15H11Cl2FO3/c1-2-21-14-7-11(16)9(6-12(14)17)8-3-4-13(18)10(5-8)15(19)20/h3-7H,2H2,1H3,(H,19,20). The van der Waals surface area contributed by atoms with E-state index in [0.29, 0.717) is 33.5 Å². The summed E-state index contributed by atoms with van der Waals surface area (Å²) in [7, 11) is 0. The molecule has 1 N–H and O–H groups in total. The van der Waals surface area contributed by atoms with Gasteiger partial charge >= 0.3 is 5.97 Å². The molecule has 21 heavy (non-hydrogen) atoms. The molecule has 0 atom stereocenters. The molecule has 0 bridgehead atoms. The Morgan fingerprint density at radius 1 is 1.24 bits per heavy atom. The Morgan fingerprint density at radius 3 is 2.57 bits per heavy atom. The summed E-state index contributed by atoms with van der Waals surface area (Å²) in [6.07, 6.45) is 0. The molecule has 3 nitrogen and oxygen atoms in total. The lowest BCUT2D eigenvalue weighted by Crippen LogP contribution is -2.00. The Balaban J connectivity index is 2.54. The van der Waals surface area contributed by atoms with E-state index < -0.39 is 17.3 Å². The van der Waals surface area contributed by atoms with E-state index in [9.17, 15) is 9.18 Å². The van der Waals surface area contributed by atoms with Gasteiger partial charge in [-0.3, -0.25) is 0 Å². The number of carboxylic acids is 1. The molecule has 0 radical (unpaired) electrons. The van der Waals surface area contributed by atoms with E-state index in [2.05, 4.69) is 0 Å². The minimum absolute atomic E-state index is 0.339. The lowest BCUT2D eigenvalue weighted by Gasteiger charge is -2.11. The monoisotopic (exact) mass is 328 g/mol. The van der Waals surface area contributed by atoms with Gasteiger partial charge in [0.2, 0.25) is 0 Å². The Kier molecular flexibility index (Phi) is 4.70. The van der Waals surface area contributed by atoms with E-state index in [4.69, 9.17) is 33.0 Å². The normalized spacial score (nSPS) is 10.5. The number of hydrogen-bond acceptors (Lipinski definition) is 2. The van der Waals surface area contributed by atoms with Gasteiger partial charge in [0, 0.05) is 11.6 Å². The molecule has 0 amide bonds. The molecule has 0 fully saturated rings. The van der Waals surface area contributed by atoms with Gasteiger partial charge in [0.05, 0.1) is 22.2 Å². The number of rotatable bonds is 4. The molecule has 2 rings (SSSR count). The van der Waals surface area contributed by atoms with Crippen molar-refractivity contribution < 1.29 is 19.0 Å². The van der Waals surface area contributed by atoms with E-state index in [1.807, 2.05) is 6.92 Å². The first-order valence-electron chi connectivity index (χ1n) is 6.09. The van der Waals surface area contributed by atoms with Gasteiger partial charge < -0.3 is 9.84 Å². The molecule has 0 aliphatic rings. The first-order valence-corrected chi connectivity index (χ1v) is 6.84. The fraction of sp³-hybridized carbons (Fsp3) is 0.133. The zero-order chi connectivity index (χ0) is 15.6. The maximum absolute atomic E-state index is 13.4. The highest BCUT2D eigenvalue weighted by molar-refractivity contribution is 6.36. The average Bonchev–Trinajstić information content (AvgIpc) is 2.43. The van der Waals surface area contributed by atoms with Gasteiger partial charge in [-0.05, 0) is 30.7 Å². The highest BCUT2D eigenvalue weighted by atomic mass is 35.5. The fourth-order valence-corrected chi connectivity index (χ4v) is 2.35. The smallest absolute Gasteiger partial charge is 0.338 e. The minimum Gasteiger partial charge on any atom is -0.492 e.